The first-order chi connectivity index (χ1) is 12.4. The lowest BCUT2D eigenvalue weighted by Crippen LogP contribution is -2.01. The number of rotatable bonds is 12. The molecular weight excluding hydrogens is 324 g/mol. The van der Waals surface area contributed by atoms with E-state index in [0.29, 0.717) is 6.61 Å². The average Bonchev–Trinajstić information content (AvgIpc) is 2.58. The minimum Gasteiger partial charge on any atom is -0.463 e. The Bertz CT molecular complexity index is 556. The summed E-state index contributed by atoms with van der Waals surface area (Å²) in [5.41, 5.74) is 4.56. The number of hydrogen-bond donors (Lipinski definition) is 1. The highest BCUT2D eigenvalue weighted by molar-refractivity contribution is 5.83. The Hall–Kier alpha value is -1.87. The number of allylic oxidation sites excluding steroid dienone is 8. The first-order valence-electron chi connectivity index (χ1n) is 9.50. The maximum absolute atomic E-state index is 11.5. The summed E-state index contributed by atoms with van der Waals surface area (Å²) < 4.78 is 5.01. The van der Waals surface area contributed by atoms with Gasteiger partial charge in [0.2, 0.25) is 0 Å². The van der Waals surface area contributed by atoms with Crippen LogP contribution < -0.4 is 0 Å². The SMILES string of the molecule is CCCOC(=O)C=C(C)C=CC=C(CO)CCC=C(C)CCC=C(C)C. The summed E-state index contributed by atoms with van der Waals surface area (Å²) in [5, 5.41) is 9.48. The van der Waals surface area contributed by atoms with Crippen LogP contribution in [0.5, 0.6) is 0 Å². The highest BCUT2D eigenvalue weighted by atomic mass is 16.5. The first kappa shape index (κ1) is 24.1. The number of carbonyl (C=O) groups excluding carboxylic acids is 1. The van der Waals surface area contributed by atoms with Crippen molar-refractivity contribution < 1.29 is 14.6 Å². The fourth-order valence-corrected chi connectivity index (χ4v) is 2.22. The predicted octanol–water partition coefficient (Wildman–Crippen LogP) is 5.83. The molecule has 3 nitrogen and oxygen atoms in total. The second-order valence-corrected chi connectivity index (χ2v) is 6.81. The molecule has 0 rings (SSSR count). The van der Waals surface area contributed by atoms with Gasteiger partial charge in [0.1, 0.15) is 0 Å². The van der Waals surface area contributed by atoms with Gasteiger partial charge in [-0.3, -0.25) is 0 Å². The van der Waals surface area contributed by atoms with Crippen LogP contribution in [0.1, 0.15) is 66.7 Å². The average molecular weight is 361 g/mol. The minimum atomic E-state index is -0.311. The molecule has 26 heavy (non-hydrogen) atoms. The third-order valence-electron chi connectivity index (χ3n) is 3.74. The summed E-state index contributed by atoms with van der Waals surface area (Å²) in [6.07, 6.45) is 16.4. The van der Waals surface area contributed by atoms with E-state index in [1.165, 1.54) is 17.2 Å². The summed E-state index contributed by atoms with van der Waals surface area (Å²) >= 11 is 0. The molecule has 0 fully saturated rings. The molecule has 0 aliphatic rings. The molecule has 0 heterocycles. The van der Waals surface area contributed by atoms with Crippen LogP contribution in [0.25, 0.3) is 0 Å². The molecule has 0 radical (unpaired) electrons. The van der Waals surface area contributed by atoms with Gasteiger partial charge >= 0.3 is 5.97 Å². The van der Waals surface area contributed by atoms with Crippen molar-refractivity contribution >= 4 is 5.97 Å². The fraction of sp³-hybridized carbons (Fsp3) is 0.522. The maximum Gasteiger partial charge on any atom is 0.331 e. The van der Waals surface area contributed by atoms with Crippen LogP contribution in [0.3, 0.4) is 0 Å². The van der Waals surface area contributed by atoms with Gasteiger partial charge in [-0.05, 0) is 70.9 Å². The summed E-state index contributed by atoms with van der Waals surface area (Å²) in [4.78, 5) is 11.5. The largest absolute Gasteiger partial charge is 0.463 e. The molecule has 1 N–H and O–H groups in total. The van der Waals surface area contributed by atoms with Crippen LogP contribution in [0.2, 0.25) is 0 Å². The van der Waals surface area contributed by atoms with Crippen molar-refractivity contribution in [3.05, 3.63) is 58.7 Å². The van der Waals surface area contributed by atoms with Gasteiger partial charge in [-0.25, -0.2) is 4.79 Å². The van der Waals surface area contributed by atoms with Crippen LogP contribution in [0.15, 0.2) is 58.7 Å². The lowest BCUT2D eigenvalue weighted by Gasteiger charge is -2.02. The van der Waals surface area contributed by atoms with Crippen LogP contribution >= 0.6 is 0 Å². The molecule has 3 heteroatoms. The van der Waals surface area contributed by atoms with E-state index in [1.807, 2.05) is 32.1 Å². The third kappa shape index (κ3) is 14.5. The van der Waals surface area contributed by atoms with E-state index in [2.05, 4.69) is 32.9 Å². The van der Waals surface area contributed by atoms with Gasteiger partial charge in [-0.2, -0.15) is 0 Å². The molecule has 146 valence electrons. The summed E-state index contributed by atoms with van der Waals surface area (Å²) in [6, 6.07) is 0. The Labute approximate surface area is 159 Å². The molecular formula is C23H36O3. The van der Waals surface area contributed by atoms with Crippen LogP contribution in [0, 0.1) is 0 Å². The Morgan fingerprint density at radius 2 is 1.73 bits per heavy atom. The molecule has 0 bridgehead atoms. The zero-order chi connectivity index (χ0) is 19.8. The number of esters is 1. The van der Waals surface area contributed by atoms with Gasteiger partial charge in [0, 0.05) is 6.08 Å². The Balaban J connectivity index is 4.44. The zero-order valence-electron chi connectivity index (χ0n) is 17.2. The lowest BCUT2D eigenvalue weighted by molar-refractivity contribution is -0.137. The van der Waals surface area contributed by atoms with Crippen molar-refractivity contribution in [2.24, 2.45) is 0 Å². The van der Waals surface area contributed by atoms with Crippen molar-refractivity contribution in [2.75, 3.05) is 13.2 Å². The van der Waals surface area contributed by atoms with E-state index in [0.717, 1.165) is 43.3 Å². The van der Waals surface area contributed by atoms with E-state index in [9.17, 15) is 9.90 Å². The molecule has 0 aliphatic heterocycles. The van der Waals surface area contributed by atoms with Crippen molar-refractivity contribution in [1.29, 1.82) is 0 Å². The van der Waals surface area contributed by atoms with Gasteiger partial charge in [0.15, 0.2) is 0 Å². The number of aliphatic hydroxyl groups is 1. The summed E-state index contributed by atoms with van der Waals surface area (Å²) in [5.74, 6) is -0.311. The van der Waals surface area contributed by atoms with Crippen LogP contribution in [0.4, 0.5) is 0 Å². The van der Waals surface area contributed by atoms with Crippen LogP contribution in [-0.2, 0) is 9.53 Å². The lowest BCUT2D eigenvalue weighted by atomic mass is 10.1. The van der Waals surface area contributed by atoms with Gasteiger partial charge in [0.05, 0.1) is 13.2 Å². The van der Waals surface area contributed by atoms with E-state index in [-0.39, 0.29) is 12.6 Å². The zero-order valence-corrected chi connectivity index (χ0v) is 17.2. The van der Waals surface area contributed by atoms with Crippen molar-refractivity contribution in [1.82, 2.24) is 0 Å². The van der Waals surface area contributed by atoms with Crippen molar-refractivity contribution in [2.45, 2.75) is 66.7 Å². The summed E-state index contributed by atoms with van der Waals surface area (Å²) in [7, 11) is 0. The number of ether oxygens (including phenoxy) is 1. The topological polar surface area (TPSA) is 46.5 Å². The Morgan fingerprint density at radius 3 is 2.35 bits per heavy atom. The van der Waals surface area contributed by atoms with E-state index >= 15 is 0 Å². The molecule has 0 atom stereocenters. The van der Waals surface area contributed by atoms with Crippen molar-refractivity contribution in [3.63, 3.8) is 0 Å². The molecule has 0 unspecified atom stereocenters. The van der Waals surface area contributed by atoms with Gasteiger partial charge in [-0.1, -0.05) is 48.5 Å². The predicted molar refractivity (Wildman–Crippen MR) is 111 cm³/mol. The second-order valence-electron chi connectivity index (χ2n) is 6.81. The molecule has 0 amide bonds. The van der Waals surface area contributed by atoms with E-state index in [1.54, 1.807) is 0 Å². The minimum absolute atomic E-state index is 0.0519. The number of hydrogen-bond acceptors (Lipinski definition) is 3. The molecule has 0 saturated heterocycles. The van der Waals surface area contributed by atoms with E-state index < -0.39 is 0 Å². The molecule has 0 aromatic carbocycles. The molecule has 0 aromatic rings. The van der Waals surface area contributed by atoms with E-state index in [4.69, 9.17) is 4.74 Å². The van der Waals surface area contributed by atoms with Gasteiger partial charge in [0.25, 0.3) is 0 Å². The number of aliphatic hydroxyl groups excluding tert-OH is 1. The standard InChI is InChI=1S/C23H36O3/c1-6-16-26-23(25)17-21(5)13-9-15-22(18-24)14-8-12-20(4)11-7-10-19(2)3/h9-10,12-13,15,17,24H,6-8,11,14,16,18H2,1-5H3. The van der Waals surface area contributed by atoms with Crippen molar-refractivity contribution in [3.8, 4) is 0 Å². The van der Waals surface area contributed by atoms with Crippen LogP contribution in [-0.4, -0.2) is 24.3 Å². The second kappa shape index (κ2) is 15.4. The molecule has 0 aromatic heterocycles. The maximum atomic E-state index is 11.5. The normalized spacial score (nSPS) is 13.2. The molecule has 0 saturated carbocycles. The number of carbonyl (C=O) groups is 1. The van der Waals surface area contributed by atoms with Gasteiger partial charge in [-0.15, -0.1) is 0 Å². The quantitative estimate of drug-likeness (QED) is 0.206. The molecule has 0 aliphatic carbocycles. The first-order valence-corrected chi connectivity index (χ1v) is 9.50. The fourth-order valence-electron chi connectivity index (χ4n) is 2.22. The summed E-state index contributed by atoms with van der Waals surface area (Å²) in [6.45, 7) is 10.7. The highest BCUT2D eigenvalue weighted by Crippen LogP contribution is 2.12. The smallest absolute Gasteiger partial charge is 0.331 e. The highest BCUT2D eigenvalue weighted by Gasteiger charge is 1.97. The monoisotopic (exact) mass is 360 g/mol. The third-order valence-corrected chi connectivity index (χ3v) is 3.74. The van der Waals surface area contributed by atoms with Gasteiger partial charge < -0.3 is 9.84 Å². The Kier molecular flexibility index (Phi) is 14.3. The Morgan fingerprint density at radius 1 is 1.04 bits per heavy atom. The molecule has 0 spiro atoms.